The molecule has 2 aromatic carbocycles. The fraction of sp³-hybridized carbons (Fsp3) is 0.0714. The molecule has 0 radical (unpaired) electrons. The van der Waals surface area contributed by atoms with Crippen LogP contribution in [0, 0.1) is 10.1 Å². The Kier molecular flexibility index (Phi) is 3.58. The number of nitrogens with one attached hydrogen (secondary N) is 2. The summed E-state index contributed by atoms with van der Waals surface area (Å²) in [6.07, 6.45) is 1.17. The van der Waals surface area contributed by atoms with Crippen LogP contribution in [0.2, 0.25) is 0 Å². The molecule has 8 nitrogen and oxygen atoms in total. The monoisotopic (exact) mass is 300 g/mol. The molecule has 2 N–H and O–H groups in total. The molecule has 0 aliphatic carbocycles. The van der Waals surface area contributed by atoms with E-state index in [2.05, 4.69) is 10.9 Å². The number of rotatable bonds is 5. The van der Waals surface area contributed by atoms with Crippen molar-refractivity contribution >= 4 is 29.0 Å². The predicted molar refractivity (Wildman–Crippen MR) is 80.1 cm³/mol. The van der Waals surface area contributed by atoms with Crippen LogP contribution >= 0.6 is 0 Å². The molecule has 0 bridgehead atoms. The summed E-state index contributed by atoms with van der Waals surface area (Å²) in [5, 5.41) is 12.3. The van der Waals surface area contributed by atoms with E-state index in [1.54, 1.807) is 36.4 Å². The molecule has 0 aromatic heterocycles. The molecule has 8 heteroatoms. The average Bonchev–Trinajstić information content (AvgIpc) is 2.92. The first-order valence-electron chi connectivity index (χ1n) is 6.49. The minimum Gasteiger partial charge on any atom is -0.303 e. The summed E-state index contributed by atoms with van der Waals surface area (Å²) in [7, 11) is 0. The number of carbonyl (C=O) groups is 1. The molecule has 0 amide bonds. The highest BCUT2D eigenvalue weighted by atomic mass is 16.8. The first-order valence-corrected chi connectivity index (χ1v) is 6.49. The second-order valence-electron chi connectivity index (χ2n) is 4.60. The first kappa shape index (κ1) is 13.8. The molecule has 0 saturated carbocycles. The number of aldehydes is 1. The lowest BCUT2D eigenvalue weighted by Gasteiger charge is -2.17. The van der Waals surface area contributed by atoms with E-state index in [0.717, 1.165) is 11.8 Å². The summed E-state index contributed by atoms with van der Waals surface area (Å²) >= 11 is 0. The molecule has 0 atom stereocenters. The van der Waals surface area contributed by atoms with Crippen LogP contribution < -0.4 is 16.1 Å². The summed E-state index contributed by atoms with van der Waals surface area (Å²) in [5.74, 6) is 0. The molecule has 1 heterocycles. The van der Waals surface area contributed by atoms with E-state index in [9.17, 15) is 14.9 Å². The summed E-state index contributed by atoms with van der Waals surface area (Å²) < 4.78 is 0. The highest BCUT2D eigenvalue weighted by molar-refractivity contribution is 5.81. The number of carbonyl (C=O) groups excluding carboxylic acids is 1. The summed E-state index contributed by atoms with van der Waals surface area (Å²) in [4.78, 5) is 26.3. The molecule has 0 unspecified atom stereocenters. The molecule has 112 valence electrons. The van der Waals surface area contributed by atoms with Crippen molar-refractivity contribution in [1.29, 1.82) is 0 Å². The first-order chi connectivity index (χ1) is 10.7. The molecule has 1 aliphatic rings. The topological polar surface area (TPSA) is 96.7 Å². The minimum absolute atomic E-state index is 0.0763. The van der Waals surface area contributed by atoms with Crippen molar-refractivity contribution in [3.63, 3.8) is 0 Å². The zero-order chi connectivity index (χ0) is 15.5. The lowest BCUT2D eigenvalue weighted by molar-refractivity contribution is -0.384. The Labute approximate surface area is 125 Å². The van der Waals surface area contributed by atoms with E-state index in [0.29, 0.717) is 23.5 Å². The van der Waals surface area contributed by atoms with Gasteiger partial charge in [0.05, 0.1) is 16.3 Å². The third kappa shape index (κ3) is 2.54. The Morgan fingerprint density at radius 3 is 2.73 bits per heavy atom. The second kappa shape index (κ2) is 5.70. The van der Waals surface area contributed by atoms with Gasteiger partial charge in [0.1, 0.15) is 6.29 Å². The van der Waals surface area contributed by atoms with E-state index in [-0.39, 0.29) is 5.69 Å². The Bertz CT molecular complexity index is 717. The van der Waals surface area contributed by atoms with Crippen molar-refractivity contribution in [3.8, 4) is 0 Å². The molecule has 0 saturated heterocycles. The molecule has 3 rings (SSSR count). The molecular weight excluding hydrogens is 288 g/mol. The number of benzene rings is 2. The number of hydrazine groups is 1. The number of nitrogens with zero attached hydrogens (tertiary/aromatic N) is 2. The van der Waals surface area contributed by atoms with Crippen LogP contribution in [-0.2, 0) is 16.2 Å². The second-order valence-corrected chi connectivity index (χ2v) is 4.60. The zero-order valence-corrected chi connectivity index (χ0v) is 11.4. The number of nitro groups is 1. The van der Waals surface area contributed by atoms with Crippen LogP contribution in [0.4, 0.5) is 22.7 Å². The number of hydrogen-bond acceptors (Lipinski definition) is 7. The van der Waals surface area contributed by atoms with E-state index >= 15 is 0 Å². The maximum atomic E-state index is 11.1. The Morgan fingerprint density at radius 1 is 1.27 bits per heavy atom. The molecule has 0 fully saturated rings. The quantitative estimate of drug-likeness (QED) is 0.497. The average molecular weight is 300 g/mol. The van der Waals surface area contributed by atoms with E-state index in [1.807, 2.05) is 0 Å². The summed E-state index contributed by atoms with van der Waals surface area (Å²) in [6, 6.07) is 11.8. The van der Waals surface area contributed by atoms with Gasteiger partial charge in [0.25, 0.3) is 5.69 Å². The zero-order valence-electron chi connectivity index (χ0n) is 11.4. The maximum absolute atomic E-state index is 11.1. The summed E-state index contributed by atoms with van der Waals surface area (Å²) in [5.41, 5.74) is 7.80. The van der Waals surface area contributed by atoms with Gasteiger partial charge in [-0.15, -0.1) is 10.1 Å². The number of hydrogen-bond donors (Lipinski definition) is 2. The maximum Gasteiger partial charge on any atom is 0.299 e. The van der Waals surface area contributed by atoms with E-state index in [4.69, 9.17) is 4.94 Å². The van der Waals surface area contributed by atoms with Crippen molar-refractivity contribution in [2.75, 3.05) is 16.1 Å². The molecule has 22 heavy (non-hydrogen) atoms. The van der Waals surface area contributed by atoms with Gasteiger partial charge in [-0.05, 0) is 23.8 Å². The third-order valence-electron chi connectivity index (χ3n) is 3.17. The van der Waals surface area contributed by atoms with Gasteiger partial charge in [-0.25, -0.2) is 5.48 Å². The Morgan fingerprint density at radius 2 is 2.05 bits per heavy atom. The van der Waals surface area contributed by atoms with Gasteiger partial charge < -0.3 is 4.79 Å². The minimum atomic E-state index is -0.475. The standard InChI is InChI=1S/C14H12N4O4/c19-9-8-10-4-6-11(7-5-10)15-17-14-12(16-22-17)2-1-3-13(14)18(20)21/h1-7,9,15-16H,8H2. The Balaban J connectivity index is 1.84. The predicted octanol–water partition coefficient (Wildman–Crippen LogP) is 2.44. The smallest absolute Gasteiger partial charge is 0.299 e. The van der Waals surface area contributed by atoms with Gasteiger partial charge in [-0.3, -0.25) is 15.5 Å². The van der Waals surface area contributed by atoms with Crippen LogP contribution in [0.3, 0.4) is 0 Å². The third-order valence-corrected chi connectivity index (χ3v) is 3.17. The van der Waals surface area contributed by atoms with Crippen LogP contribution in [0.25, 0.3) is 0 Å². The largest absolute Gasteiger partial charge is 0.303 e. The van der Waals surface area contributed by atoms with Gasteiger partial charge in [0, 0.05) is 12.5 Å². The molecule has 0 spiro atoms. The lowest BCUT2D eigenvalue weighted by Crippen LogP contribution is -2.27. The van der Waals surface area contributed by atoms with Crippen LogP contribution in [0.15, 0.2) is 42.5 Å². The molecule has 2 aromatic rings. The number of nitro benzene ring substituents is 1. The van der Waals surface area contributed by atoms with Crippen molar-refractivity contribution in [2.24, 2.45) is 0 Å². The highest BCUT2D eigenvalue weighted by Crippen LogP contribution is 2.39. The fourth-order valence-electron chi connectivity index (χ4n) is 2.12. The number of anilines is 3. The number of fused-ring (bicyclic) bond motifs is 1. The van der Waals surface area contributed by atoms with Gasteiger partial charge in [0.15, 0.2) is 5.69 Å². The molecule has 1 aliphatic heterocycles. The fourth-order valence-corrected chi connectivity index (χ4v) is 2.12. The number of para-hydroxylation sites is 1. The Hall–Kier alpha value is -3.13. The lowest BCUT2D eigenvalue weighted by atomic mass is 10.1. The SMILES string of the molecule is O=CCc1ccc(NN2ONc3cccc([N+](=O)[O-])c32)cc1. The van der Waals surface area contributed by atoms with E-state index in [1.165, 1.54) is 11.2 Å². The summed E-state index contributed by atoms with van der Waals surface area (Å²) in [6.45, 7) is 0. The van der Waals surface area contributed by atoms with Crippen molar-refractivity contribution in [2.45, 2.75) is 6.42 Å². The van der Waals surface area contributed by atoms with Gasteiger partial charge in [-0.2, -0.15) is 0 Å². The van der Waals surface area contributed by atoms with Gasteiger partial charge >= 0.3 is 0 Å². The van der Waals surface area contributed by atoms with Gasteiger partial charge in [0.2, 0.25) is 0 Å². The normalized spacial score (nSPS) is 12.5. The van der Waals surface area contributed by atoms with Crippen LogP contribution in [0.1, 0.15) is 5.56 Å². The van der Waals surface area contributed by atoms with Crippen LogP contribution in [0.5, 0.6) is 0 Å². The van der Waals surface area contributed by atoms with Gasteiger partial charge in [-0.1, -0.05) is 18.2 Å². The van der Waals surface area contributed by atoms with Crippen LogP contribution in [-0.4, -0.2) is 11.2 Å². The van der Waals surface area contributed by atoms with E-state index < -0.39 is 4.92 Å². The van der Waals surface area contributed by atoms with Crippen molar-refractivity contribution < 1.29 is 14.7 Å². The highest BCUT2D eigenvalue weighted by Gasteiger charge is 2.30. The van der Waals surface area contributed by atoms with Crippen molar-refractivity contribution in [3.05, 3.63) is 58.1 Å². The van der Waals surface area contributed by atoms with Crippen molar-refractivity contribution in [1.82, 2.24) is 0 Å². The molecular formula is C14H12N4O4.